The van der Waals surface area contributed by atoms with E-state index in [0.717, 1.165) is 35.1 Å². The van der Waals surface area contributed by atoms with Gasteiger partial charge in [-0.15, -0.1) is 0 Å². The minimum Gasteiger partial charge on any atom is -0.364 e. The zero-order valence-electron chi connectivity index (χ0n) is 13.1. The number of methoxy groups -OCH3 is 1. The second kappa shape index (κ2) is 7.66. The van der Waals surface area contributed by atoms with E-state index in [9.17, 15) is 0 Å². The third-order valence-corrected chi connectivity index (χ3v) is 3.94. The molecule has 2 rings (SSSR count). The van der Waals surface area contributed by atoms with Gasteiger partial charge in [0.1, 0.15) is 6.73 Å². The van der Waals surface area contributed by atoms with Crippen LogP contribution in [0.25, 0.3) is 0 Å². The van der Waals surface area contributed by atoms with Gasteiger partial charge in [0.15, 0.2) is 0 Å². The third kappa shape index (κ3) is 4.35. The number of ether oxygens (including phenoxy) is 1. The summed E-state index contributed by atoms with van der Waals surface area (Å²) in [5.74, 6) is 0. The van der Waals surface area contributed by atoms with Crippen LogP contribution in [0.3, 0.4) is 0 Å². The number of rotatable bonds is 5. The van der Waals surface area contributed by atoms with E-state index in [1.165, 1.54) is 19.3 Å². The summed E-state index contributed by atoms with van der Waals surface area (Å²) in [7, 11) is 3.70. The highest BCUT2D eigenvalue weighted by atomic mass is 35.5. The van der Waals surface area contributed by atoms with E-state index < -0.39 is 0 Å². The zero-order valence-corrected chi connectivity index (χ0v) is 13.9. The highest BCUT2D eigenvalue weighted by Gasteiger charge is 2.13. The molecule has 0 aromatic heterocycles. The van der Waals surface area contributed by atoms with Gasteiger partial charge in [0.05, 0.1) is 5.71 Å². The van der Waals surface area contributed by atoms with Gasteiger partial charge in [-0.1, -0.05) is 11.6 Å². The molecular formula is C16H24ClN3O. The number of piperidine rings is 1. The molecule has 21 heavy (non-hydrogen) atoms. The van der Waals surface area contributed by atoms with Crippen molar-refractivity contribution in [1.29, 1.82) is 0 Å². The van der Waals surface area contributed by atoms with Crippen molar-refractivity contribution in [3.05, 3.63) is 28.8 Å². The summed E-state index contributed by atoms with van der Waals surface area (Å²) in [6.45, 7) is 4.67. The Bertz CT molecular complexity index is 498. The number of halogens is 1. The van der Waals surface area contributed by atoms with Gasteiger partial charge in [-0.2, -0.15) is 5.10 Å². The number of hydrogen-bond acceptors (Lipinski definition) is 4. The molecule has 0 amide bonds. The lowest BCUT2D eigenvalue weighted by Crippen LogP contribution is -2.26. The lowest BCUT2D eigenvalue weighted by atomic mass is 10.1. The molecule has 0 aliphatic carbocycles. The molecule has 116 valence electrons. The number of anilines is 1. The van der Waals surface area contributed by atoms with Gasteiger partial charge in [-0.25, -0.2) is 0 Å². The number of hydrazone groups is 1. The molecule has 0 spiro atoms. The van der Waals surface area contributed by atoms with Crippen molar-refractivity contribution >= 4 is 23.0 Å². The SMILES string of the molecule is COCN(C)c1ccc(Cl)cc1/C(C)=N\N1CCCCC1. The maximum Gasteiger partial charge on any atom is 0.118 e. The minimum atomic E-state index is 0.533. The van der Waals surface area contributed by atoms with Crippen LogP contribution >= 0.6 is 11.6 Å². The Morgan fingerprint density at radius 3 is 2.71 bits per heavy atom. The van der Waals surface area contributed by atoms with Crippen molar-refractivity contribution < 1.29 is 4.74 Å². The molecule has 0 unspecified atom stereocenters. The molecule has 1 aromatic carbocycles. The van der Waals surface area contributed by atoms with Crippen LogP contribution in [-0.4, -0.2) is 44.7 Å². The first kappa shape index (κ1) is 16.1. The number of benzene rings is 1. The summed E-state index contributed by atoms with van der Waals surface area (Å²) >= 11 is 6.17. The molecule has 1 heterocycles. The molecule has 4 nitrogen and oxygen atoms in total. The van der Waals surface area contributed by atoms with Crippen LogP contribution in [0.4, 0.5) is 5.69 Å². The molecule has 1 aliphatic heterocycles. The molecule has 1 aromatic rings. The maximum absolute atomic E-state index is 6.17. The van der Waals surface area contributed by atoms with Crippen molar-refractivity contribution in [2.24, 2.45) is 5.10 Å². The summed E-state index contributed by atoms with van der Waals surface area (Å²) in [6.07, 6.45) is 3.76. The fourth-order valence-corrected chi connectivity index (χ4v) is 2.81. The van der Waals surface area contributed by atoms with Crippen LogP contribution in [0.5, 0.6) is 0 Å². The van der Waals surface area contributed by atoms with E-state index >= 15 is 0 Å². The van der Waals surface area contributed by atoms with Crippen molar-refractivity contribution in [2.75, 3.05) is 38.9 Å². The molecular weight excluding hydrogens is 286 g/mol. The summed E-state index contributed by atoms with van der Waals surface area (Å²) in [5.41, 5.74) is 3.14. The Hall–Kier alpha value is -1.26. The molecule has 1 aliphatic rings. The minimum absolute atomic E-state index is 0.533. The quantitative estimate of drug-likeness (QED) is 0.614. The van der Waals surface area contributed by atoms with Crippen LogP contribution in [0.1, 0.15) is 31.7 Å². The maximum atomic E-state index is 6.17. The lowest BCUT2D eigenvalue weighted by Gasteiger charge is -2.26. The van der Waals surface area contributed by atoms with Gasteiger partial charge in [-0.05, 0) is 44.4 Å². The normalized spacial score (nSPS) is 16.2. The number of hydrogen-bond donors (Lipinski definition) is 0. The van der Waals surface area contributed by atoms with Gasteiger partial charge < -0.3 is 9.64 Å². The topological polar surface area (TPSA) is 28.1 Å². The second-order valence-corrected chi connectivity index (χ2v) is 5.91. The first-order chi connectivity index (χ1) is 10.1. The molecule has 0 radical (unpaired) electrons. The van der Waals surface area contributed by atoms with E-state index in [4.69, 9.17) is 21.4 Å². The Kier molecular flexibility index (Phi) is 5.88. The fraction of sp³-hybridized carbons (Fsp3) is 0.562. The van der Waals surface area contributed by atoms with Gasteiger partial charge in [0.2, 0.25) is 0 Å². The molecule has 1 fully saturated rings. The first-order valence-corrected chi connectivity index (χ1v) is 7.80. The van der Waals surface area contributed by atoms with Crippen LogP contribution in [-0.2, 0) is 4.74 Å². The molecule has 0 atom stereocenters. The van der Waals surface area contributed by atoms with Gasteiger partial charge in [0, 0.05) is 43.5 Å². The molecule has 0 N–H and O–H groups in total. The summed E-state index contributed by atoms with van der Waals surface area (Å²) in [6, 6.07) is 5.90. The highest BCUT2D eigenvalue weighted by molar-refractivity contribution is 6.31. The summed E-state index contributed by atoms with van der Waals surface area (Å²) in [4.78, 5) is 2.06. The van der Waals surface area contributed by atoms with Crippen LogP contribution in [0.2, 0.25) is 5.02 Å². The van der Waals surface area contributed by atoms with Crippen molar-refractivity contribution in [1.82, 2.24) is 5.01 Å². The summed E-state index contributed by atoms with van der Waals surface area (Å²) in [5, 5.41) is 7.67. The van der Waals surface area contributed by atoms with Gasteiger partial charge in [-0.3, -0.25) is 5.01 Å². The Morgan fingerprint density at radius 2 is 2.05 bits per heavy atom. The smallest absolute Gasteiger partial charge is 0.118 e. The van der Waals surface area contributed by atoms with E-state index in [-0.39, 0.29) is 0 Å². The molecule has 0 saturated carbocycles. The fourth-order valence-electron chi connectivity index (χ4n) is 2.64. The van der Waals surface area contributed by atoms with Crippen LogP contribution < -0.4 is 4.90 Å². The summed E-state index contributed by atoms with van der Waals surface area (Å²) < 4.78 is 5.22. The number of nitrogens with zero attached hydrogens (tertiary/aromatic N) is 3. The van der Waals surface area contributed by atoms with Gasteiger partial charge in [0.25, 0.3) is 0 Å². The third-order valence-electron chi connectivity index (χ3n) is 3.71. The average molecular weight is 310 g/mol. The first-order valence-electron chi connectivity index (χ1n) is 7.42. The second-order valence-electron chi connectivity index (χ2n) is 5.48. The average Bonchev–Trinajstić information content (AvgIpc) is 2.48. The Morgan fingerprint density at radius 1 is 1.33 bits per heavy atom. The lowest BCUT2D eigenvalue weighted by molar-refractivity contribution is 0.202. The van der Waals surface area contributed by atoms with Crippen molar-refractivity contribution in [3.63, 3.8) is 0 Å². The standard InChI is InChI=1S/C16H24ClN3O/c1-13(18-20-9-5-4-6-10-20)15-11-14(17)7-8-16(15)19(2)12-21-3/h7-8,11H,4-6,9-10,12H2,1-3H3/b18-13-. The van der Waals surface area contributed by atoms with Crippen molar-refractivity contribution in [2.45, 2.75) is 26.2 Å². The van der Waals surface area contributed by atoms with E-state index in [1.54, 1.807) is 7.11 Å². The Balaban J connectivity index is 2.27. The van der Waals surface area contributed by atoms with Crippen molar-refractivity contribution in [3.8, 4) is 0 Å². The molecule has 0 bridgehead atoms. The predicted molar refractivity (Wildman–Crippen MR) is 89.4 cm³/mol. The van der Waals surface area contributed by atoms with Crippen LogP contribution in [0.15, 0.2) is 23.3 Å². The zero-order chi connectivity index (χ0) is 15.2. The Labute approximate surface area is 132 Å². The highest BCUT2D eigenvalue weighted by Crippen LogP contribution is 2.25. The van der Waals surface area contributed by atoms with Gasteiger partial charge >= 0.3 is 0 Å². The molecule has 1 saturated heterocycles. The predicted octanol–water partition coefficient (Wildman–Crippen LogP) is 3.59. The molecule has 5 heteroatoms. The van der Waals surface area contributed by atoms with Crippen LogP contribution in [0, 0.1) is 0 Å². The van der Waals surface area contributed by atoms with E-state index in [0.29, 0.717) is 6.73 Å². The monoisotopic (exact) mass is 309 g/mol. The van der Waals surface area contributed by atoms with E-state index in [2.05, 4.69) is 9.91 Å². The largest absolute Gasteiger partial charge is 0.364 e. The van der Waals surface area contributed by atoms with E-state index in [1.807, 2.05) is 32.2 Å².